The molecule has 0 aliphatic carbocycles. The van der Waals surface area contributed by atoms with Crippen molar-refractivity contribution in [3.63, 3.8) is 0 Å². The van der Waals surface area contributed by atoms with Crippen molar-refractivity contribution in [2.24, 2.45) is 0 Å². The highest BCUT2D eigenvalue weighted by Gasteiger charge is 2.05. The Morgan fingerprint density at radius 1 is 1.19 bits per heavy atom. The second kappa shape index (κ2) is 5.79. The van der Waals surface area contributed by atoms with Crippen LogP contribution in [0.4, 0.5) is 5.69 Å². The quantitative estimate of drug-likeness (QED) is 0.795. The highest BCUT2D eigenvalue weighted by molar-refractivity contribution is 5.90. The van der Waals surface area contributed by atoms with Gasteiger partial charge < -0.3 is 5.32 Å². The van der Waals surface area contributed by atoms with Crippen LogP contribution in [-0.2, 0) is 11.3 Å². The third kappa shape index (κ3) is 2.94. The Labute approximate surface area is 123 Å². The maximum absolute atomic E-state index is 11.4. The minimum Gasteiger partial charge on any atom is -0.323 e. The van der Waals surface area contributed by atoms with E-state index in [0.717, 1.165) is 5.69 Å². The molecule has 3 aromatic rings. The van der Waals surface area contributed by atoms with Crippen molar-refractivity contribution in [3.8, 4) is 0 Å². The molecule has 0 aliphatic rings. The summed E-state index contributed by atoms with van der Waals surface area (Å²) in [5.74, 6) is -0.000268. The molecule has 0 saturated heterocycles. The van der Waals surface area contributed by atoms with Gasteiger partial charge in [-0.3, -0.25) is 9.48 Å². The number of carbonyl (C=O) groups is 1. The number of benzene rings is 2. The highest BCUT2D eigenvalue weighted by atomic mass is 16.1. The first-order valence-corrected chi connectivity index (χ1v) is 7.05. The standard InChI is InChI=1S/C17H17N3O/c1-2-17(21)19-15-10-18-20(12-15)11-14-8-5-7-13-6-3-4-9-16(13)14/h3-10,12H,2,11H2,1H3,(H,19,21). The molecule has 4 nitrogen and oxygen atoms in total. The molecule has 0 unspecified atom stereocenters. The number of aromatic nitrogens is 2. The smallest absolute Gasteiger partial charge is 0.224 e. The van der Waals surface area contributed by atoms with Gasteiger partial charge >= 0.3 is 0 Å². The van der Waals surface area contributed by atoms with E-state index < -0.39 is 0 Å². The van der Waals surface area contributed by atoms with E-state index in [9.17, 15) is 4.79 Å². The summed E-state index contributed by atoms with van der Waals surface area (Å²) < 4.78 is 1.84. The predicted octanol–water partition coefficient (Wildman–Crippen LogP) is 3.43. The molecule has 3 rings (SSSR count). The SMILES string of the molecule is CCC(=O)Nc1cnn(Cc2cccc3ccccc23)c1. The van der Waals surface area contributed by atoms with Crippen molar-refractivity contribution < 1.29 is 4.79 Å². The lowest BCUT2D eigenvalue weighted by atomic mass is 10.0. The van der Waals surface area contributed by atoms with Crippen LogP contribution in [0.2, 0.25) is 0 Å². The lowest BCUT2D eigenvalue weighted by molar-refractivity contribution is -0.115. The summed E-state index contributed by atoms with van der Waals surface area (Å²) in [5.41, 5.74) is 1.95. The summed E-state index contributed by atoms with van der Waals surface area (Å²) in [4.78, 5) is 11.4. The lowest BCUT2D eigenvalue weighted by Gasteiger charge is -2.06. The van der Waals surface area contributed by atoms with Crippen molar-refractivity contribution in [1.82, 2.24) is 9.78 Å². The van der Waals surface area contributed by atoms with Crippen molar-refractivity contribution in [1.29, 1.82) is 0 Å². The fourth-order valence-corrected chi connectivity index (χ4v) is 2.37. The maximum atomic E-state index is 11.4. The molecule has 0 atom stereocenters. The molecule has 106 valence electrons. The third-order valence-electron chi connectivity index (χ3n) is 3.45. The molecule has 1 aromatic heterocycles. The summed E-state index contributed by atoms with van der Waals surface area (Å²) in [6.07, 6.45) is 4.00. The maximum Gasteiger partial charge on any atom is 0.224 e. The zero-order chi connectivity index (χ0) is 14.7. The first kappa shape index (κ1) is 13.4. The lowest BCUT2D eigenvalue weighted by Crippen LogP contribution is -2.08. The zero-order valence-corrected chi connectivity index (χ0v) is 11.9. The summed E-state index contributed by atoms with van der Waals surface area (Å²) in [7, 11) is 0. The molecule has 0 saturated carbocycles. The monoisotopic (exact) mass is 279 g/mol. The molecule has 2 aromatic carbocycles. The van der Waals surface area contributed by atoms with E-state index in [2.05, 4.69) is 40.7 Å². The summed E-state index contributed by atoms with van der Waals surface area (Å²) in [5, 5.41) is 9.58. The minimum absolute atomic E-state index is 0.000268. The molecule has 0 bridgehead atoms. The van der Waals surface area contributed by atoms with E-state index in [0.29, 0.717) is 13.0 Å². The van der Waals surface area contributed by atoms with Crippen molar-refractivity contribution >= 4 is 22.4 Å². The van der Waals surface area contributed by atoms with Crippen molar-refractivity contribution in [3.05, 3.63) is 60.4 Å². The van der Waals surface area contributed by atoms with Gasteiger partial charge in [-0.1, -0.05) is 49.4 Å². The molecule has 0 spiro atoms. The molecule has 1 heterocycles. The van der Waals surface area contributed by atoms with E-state index in [1.165, 1.54) is 16.3 Å². The van der Waals surface area contributed by atoms with Gasteiger partial charge in [-0.05, 0) is 16.3 Å². The van der Waals surface area contributed by atoms with Crippen LogP contribution < -0.4 is 5.32 Å². The summed E-state index contributed by atoms with van der Waals surface area (Å²) in [6.45, 7) is 2.51. The van der Waals surface area contributed by atoms with Crippen LogP contribution in [0.5, 0.6) is 0 Å². The number of carbonyl (C=O) groups excluding carboxylic acids is 1. The Hall–Kier alpha value is -2.62. The molecule has 0 aliphatic heterocycles. The van der Waals surface area contributed by atoms with Crippen LogP contribution in [0.1, 0.15) is 18.9 Å². The average molecular weight is 279 g/mol. The molecular formula is C17H17N3O. The fraction of sp³-hybridized carbons (Fsp3) is 0.176. The van der Waals surface area contributed by atoms with Crippen LogP contribution >= 0.6 is 0 Å². The van der Waals surface area contributed by atoms with Crippen LogP contribution in [0.25, 0.3) is 10.8 Å². The van der Waals surface area contributed by atoms with Gasteiger partial charge in [0.25, 0.3) is 0 Å². The average Bonchev–Trinajstić information content (AvgIpc) is 2.94. The second-order valence-electron chi connectivity index (χ2n) is 4.97. The molecule has 1 N–H and O–H groups in total. The molecule has 4 heteroatoms. The van der Waals surface area contributed by atoms with E-state index >= 15 is 0 Å². The number of nitrogens with zero attached hydrogens (tertiary/aromatic N) is 2. The van der Waals surface area contributed by atoms with E-state index in [1.807, 2.05) is 29.9 Å². The normalized spacial score (nSPS) is 10.7. The van der Waals surface area contributed by atoms with Crippen molar-refractivity contribution in [2.45, 2.75) is 19.9 Å². The van der Waals surface area contributed by atoms with Gasteiger partial charge in [0.05, 0.1) is 18.4 Å². The second-order valence-corrected chi connectivity index (χ2v) is 4.97. The van der Waals surface area contributed by atoms with Gasteiger partial charge in [-0.25, -0.2) is 0 Å². The Balaban J connectivity index is 1.84. The molecular weight excluding hydrogens is 262 g/mol. The van der Waals surface area contributed by atoms with Gasteiger partial charge in [-0.2, -0.15) is 5.10 Å². The van der Waals surface area contributed by atoms with Gasteiger partial charge in [0.2, 0.25) is 5.91 Å². The molecule has 21 heavy (non-hydrogen) atoms. The minimum atomic E-state index is -0.000268. The van der Waals surface area contributed by atoms with E-state index in [-0.39, 0.29) is 5.91 Å². The first-order chi connectivity index (χ1) is 10.3. The number of anilines is 1. The molecule has 0 radical (unpaired) electrons. The number of nitrogens with one attached hydrogen (secondary N) is 1. The molecule has 1 amide bonds. The summed E-state index contributed by atoms with van der Waals surface area (Å²) in [6, 6.07) is 14.6. The zero-order valence-electron chi connectivity index (χ0n) is 11.9. The predicted molar refractivity (Wildman–Crippen MR) is 84.2 cm³/mol. The Bertz CT molecular complexity index is 771. The number of hydrogen-bond donors (Lipinski definition) is 1. The number of amides is 1. The first-order valence-electron chi connectivity index (χ1n) is 7.05. The van der Waals surface area contributed by atoms with Gasteiger partial charge in [-0.15, -0.1) is 0 Å². The Morgan fingerprint density at radius 2 is 2.00 bits per heavy atom. The third-order valence-corrected chi connectivity index (χ3v) is 3.45. The Morgan fingerprint density at radius 3 is 2.86 bits per heavy atom. The fourth-order valence-electron chi connectivity index (χ4n) is 2.37. The van der Waals surface area contributed by atoms with E-state index in [1.54, 1.807) is 6.20 Å². The highest BCUT2D eigenvalue weighted by Crippen LogP contribution is 2.19. The Kier molecular flexibility index (Phi) is 3.69. The van der Waals surface area contributed by atoms with Gasteiger partial charge in [0.15, 0.2) is 0 Å². The summed E-state index contributed by atoms with van der Waals surface area (Å²) >= 11 is 0. The number of rotatable bonds is 4. The van der Waals surface area contributed by atoms with Crippen LogP contribution in [0.3, 0.4) is 0 Å². The van der Waals surface area contributed by atoms with Crippen LogP contribution in [0, 0.1) is 0 Å². The van der Waals surface area contributed by atoms with Gasteiger partial charge in [0.1, 0.15) is 0 Å². The van der Waals surface area contributed by atoms with Crippen LogP contribution in [0.15, 0.2) is 54.9 Å². The molecule has 0 fully saturated rings. The largest absolute Gasteiger partial charge is 0.323 e. The van der Waals surface area contributed by atoms with Gasteiger partial charge in [0, 0.05) is 12.6 Å². The number of fused-ring (bicyclic) bond motifs is 1. The topological polar surface area (TPSA) is 46.9 Å². The number of hydrogen-bond acceptors (Lipinski definition) is 2. The van der Waals surface area contributed by atoms with Crippen LogP contribution in [-0.4, -0.2) is 15.7 Å². The van der Waals surface area contributed by atoms with Crippen molar-refractivity contribution in [2.75, 3.05) is 5.32 Å². The van der Waals surface area contributed by atoms with E-state index in [4.69, 9.17) is 0 Å².